The SMILES string of the molecule is CC(=O)CCC(=O)c1cc2occ(C)c2cc1C. The maximum absolute atomic E-state index is 12.0. The van der Waals surface area contributed by atoms with Gasteiger partial charge in [-0.15, -0.1) is 0 Å². The van der Waals surface area contributed by atoms with Crippen molar-refractivity contribution in [2.45, 2.75) is 33.6 Å². The van der Waals surface area contributed by atoms with Crippen molar-refractivity contribution in [2.24, 2.45) is 0 Å². The van der Waals surface area contributed by atoms with Crippen molar-refractivity contribution in [3.63, 3.8) is 0 Å². The minimum absolute atomic E-state index is 0.00125. The molecule has 0 aliphatic heterocycles. The third-order valence-corrected chi connectivity index (χ3v) is 3.12. The Balaban J connectivity index is 2.35. The van der Waals surface area contributed by atoms with Crippen molar-refractivity contribution >= 4 is 22.5 Å². The quantitative estimate of drug-likeness (QED) is 0.772. The predicted molar refractivity (Wildman–Crippen MR) is 69.9 cm³/mol. The second-order valence-corrected chi connectivity index (χ2v) is 4.71. The largest absolute Gasteiger partial charge is 0.464 e. The number of fused-ring (bicyclic) bond motifs is 1. The van der Waals surface area contributed by atoms with Crippen LogP contribution in [0.25, 0.3) is 11.0 Å². The van der Waals surface area contributed by atoms with E-state index in [4.69, 9.17) is 4.42 Å². The number of carbonyl (C=O) groups excluding carboxylic acids is 2. The van der Waals surface area contributed by atoms with E-state index in [1.54, 1.807) is 12.3 Å². The van der Waals surface area contributed by atoms with Crippen LogP contribution in [0.3, 0.4) is 0 Å². The number of rotatable bonds is 4. The van der Waals surface area contributed by atoms with Crippen LogP contribution in [0.2, 0.25) is 0 Å². The highest BCUT2D eigenvalue weighted by Crippen LogP contribution is 2.25. The molecule has 2 rings (SSSR count). The molecular formula is C15H16O3. The third kappa shape index (κ3) is 2.35. The van der Waals surface area contributed by atoms with Gasteiger partial charge in [0.05, 0.1) is 6.26 Å². The van der Waals surface area contributed by atoms with Crippen LogP contribution in [-0.4, -0.2) is 11.6 Å². The number of Topliss-reactive ketones (excluding diaryl/α,β-unsaturated/α-hetero) is 2. The fourth-order valence-corrected chi connectivity index (χ4v) is 2.03. The Morgan fingerprint density at radius 1 is 1.11 bits per heavy atom. The molecule has 0 spiro atoms. The topological polar surface area (TPSA) is 47.3 Å². The molecule has 0 aliphatic rings. The van der Waals surface area contributed by atoms with Gasteiger partial charge in [0.15, 0.2) is 5.78 Å². The second kappa shape index (κ2) is 4.77. The molecule has 18 heavy (non-hydrogen) atoms. The van der Waals surface area contributed by atoms with Crippen LogP contribution in [0.5, 0.6) is 0 Å². The zero-order chi connectivity index (χ0) is 13.3. The molecule has 0 fully saturated rings. The molecule has 1 heterocycles. The van der Waals surface area contributed by atoms with Gasteiger partial charge in [-0.25, -0.2) is 0 Å². The van der Waals surface area contributed by atoms with E-state index in [0.717, 1.165) is 22.1 Å². The van der Waals surface area contributed by atoms with Gasteiger partial charge in [0, 0.05) is 23.8 Å². The van der Waals surface area contributed by atoms with E-state index in [9.17, 15) is 9.59 Å². The fourth-order valence-electron chi connectivity index (χ4n) is 2.03. The number of carbonyl (C=O) groups is 2. The van der Waals surface area contributed by atoms with Crippen LogP contribution in [0, 0.1) is 13.8 Å². The van der Waals surface area contributed by atoms with Crippen LogP contribution >= 0.6 is 0 Å². The maximum Gasteiger partial charge on any atom is 0.163 e. The van der Waals surface area contributed by atoms with Gasteiger partial charge in [-0.05, 0) is 44.0 Å². The Kier molecular flexibility index (Phi) is 3.32. The van der Waals surface area contributed by atoms with Gasteiger partial charge in [0.25, 0.3) is 0 Å². The molecule has 0 aliphatic carbocycles. The molecule has 0 radical (unpaired) electrons. The summed E-state index contributed by atoms with van der Waals surface area (Å²) >= 11 is 0. The summed E-state index contributed by atoms with van der Waals surface area (Å²) in [4.78, 5) is 22.9. The van der Waals surface area contributed by atoms with Crippen molar-refractivity contribution < 1.29 is 14.0 Å². The number of ketones is 2. The van der Waals surface area contributed by atoms with Crippen molar-refractivity contribution in [1.82, 2.24) is 0 Å². The summed E-state index contributed by atoms with van der Waals surface area (Å²) in [6.07, 6.45) is 2.25. The number of furan rings is 1. The summed E-state index contributed by atoms with van der Waals surface area (Å²) < 4.78 is 5.40. The van der Waals surface area contributed by atoms with Crippen molar-refractivity contribution in [3.05, 3.63) is 35.1 Å². The van der Waals surface area contributed by atoms with Crippen LogP contribution in [-0.2, 0) is 4.79 Å². The Bertz CT molecular complexity index is 620. The number of benzene rings is 1. The molecule has 0 saturated carbocycles. The summed E-state index contributed by atoms with van der Waals surface area (Å²) in [7, 11) is 0. The van der Waals surface area contributed by atoms with Gasteiger partial charge in [-0.1, -0.05) is 0 Å². The van der Waals surface area contributed by atoms with Gasteiger partial charge in [-0.2, -0.15) is 0 Å². The highest BCUT2D eigenvalue weighted by atomic mass is 16.3. The molecule has 0 N–H and O–H groups in total. The lowest BCUT2D eigenvalue weighted by Crippen LogP contribution is -2.04. The molecule has 0 saturated heterocycles. The molecule has 0 atom stereocenters. The molecule has 3 nitrogen and oxygen atoms in total. The van der Waals surface area contributed by atoms with Crippen molar-refractivity contribution in [3.8, 4) is 0 Å². The first-order chi connectivity index (χ1) is 8.49. The van der Waals surface area contributed by atoms with E-state index in [1.807, 2.05) is 19.9 Å². The van der Waals surface area contributed by atoms with E-state index in [-0.39, 0.29) is 18.0 Å². The maximum atomic E-state index is 12.0. The molecule has 2 aromatic rings. The van der Waals surface area contributed by atoms with E-state index in [2.05, 4.69) is 0 Å². The molecule has 0 bridgehead atoms. The van der Waals surface area contributed by atoms with Gasteiger partial charge >= 0.3 is 0 Å². The summed E-state index contributed by atoms with van der Waals surface area (Å²) in [5, 5.41) is 1.04. The van der Waals surface area contributed by atoms with Crippen molar-refractivity contribution in [2.75, 3.05) is 0 Å². The molecule has 0 unspecified atom stereocenters. The molecular weight excluding hydrogens is 228 g/mol. The Morgan fingerprint density at radius 3 is 2.50 bits per heavy atom. The van der Waals surface area contributed by atoms with E-state index < -0.39 is 0 Å². The molecule has 94 valence electrons. The lowest BCUT2D eigenvalue weighted by atomic mass is 9.98. The first-order valence-corrected chi connectivity index (χ1v) is 6.00. The summed E-state index contributed by atoms with van der Waals surface area (Å²) in [5.74, 6) is 0.0366. The highest BCUT2D eigenvalue weighted by molar-refractivity contribution is 6.02. The van der Waals surface area contributed by atoms with Crippen LogP contribution in [0.15, 0.2) is 22.8 Å². The third-order valence-electron chi connectivity index (χ3n) is 3.12. The monoisotopic (exact) mass is 244 g/mol. The minimum Gasteiger partial charge on any atom is -0.464 e. The standard InChI is InChI=1S/C15H16O3/c1-9-6-13-10(2)8-18-15(13)7-12(9)14(17)5-4-11(3)16/h6-8H,4-5H2,1-3H3. The first kappa shape index (κ1) is 12.6. The second-order valence-electron chi connectivity index (χ2n) is 4.71. The van der Waals surface area contributed by atoms with Crippen LogP contribution in [0.1, 0.15) is 41.3 Å². The zero-order valence-electron chi connectivity index (χ0n) is 10.9. The summed E-state index contributed by atoms with van der Waals surface area (Å²) in [5.41, 5.74) is 3.37. The van der Waals surface area contributed by atoms with E-state index >= 15 is 0 Å². The average Bonchev–Trinajstić information content (AvgIpc) is 2.67. The summed E-state index contributed by atoms with van der Waals surface area (Å²) in [6, 6.07) is 3.75. The van der Waals surface area contributed by atoms with Crippen LogP contribution in [0.4, 0.5) is 0 Å². The highest BCUT2D eigenvalue weighted by Gasteiger charge is 2.13. The van der Waals surface area contributed by atoms with Gasteiger partial charge in [-0.3, -0.25) is 4.79 Å². The number of aryl methyl sites for hydroxylation is 2. The lowest BCUT2D eigenvalue weighted by Gasteiger charge is -2.04. The Labute approximate surface area is 106 Å². The van der Waals surface area contributed by atoms with Crippen molar-refractivity contribution in [1.29, 1.82) is 0 Å². The predicted octanol–water partition coefficient (Wildman–Crippen LogP) is 3.60. The smallest absolute Gasteiger partial charge is 0.163 e. The van der Waals surface area contributed by atoms with E-state index in [1.165, 1.54) is 6.92 Å². The fraction of sp³-hybridized carbons (Fsp3) is 0.333. The minimum atomic E-state index is -0.00125. The molecule has 1 aromatic heterocycles. The average molecular weight is 244 g/mol. The number of hydrogen-bond acceptors (Lipinski definition) is 3. The van der Waals surface area contributed by atoms with Gasteiger partial charge in [0.1, 0.15) is 11.4 Å². The molecule has 0 amide bonds. The molecule has 3 heteroatoms. The lowest BCUT2D eigenvalue weighted by molar-refractivity contribution is -0.116. The Morgan fingerprint density at radius 2 is 1.83 bits per heavy atom. The van der Waals surface area contributed by atoms with E-state index in [0.29, 0.717) is 12.0 Å². The summed E-state index contributed by atoms with van der Waals surface area (Å²) in [6.45, 7) is 5.38. The molecule has 1 aromatic carbocycles. The first-order valence-electron chi connectivity index (χ1n) is 6.00. The number of hydrogen-bond donors (Lipinski definition) is 0. The normalized spacial score (nSPS) is 10.8. The van der Waals surface area contributed by atoms with Crippen LogP contribution < -0.4 is 0 Å². The zero-order valence-corrected chi connectivity index (χ0v) is 10.9. The van der Waals surface area contributed by atoms with Gasteiger partial charge < -0.3 is 9.21 Å². The Hall–Kier alpha value is -1.90. The van der Waals surface area contributed by atoms with Gasteiger partial charge in [0.2, 0.25) is 0 Å².